The maximum Gasteiger partial charge on any atom is 0.224 e. The quantitative estimate of drug-likeness (QED) is 0.510. The van der Waals surface area contributed by atoms with Crippen molar-refractivity contribution in [3.05, 3.63) is 38.9 Å². The number of aryl methyl sites for hydroxylation is 2. The Kier molecular flexibility index (Phi) is 7.69. The Bertz CT molecular complexity index is 820. The van der Waals surface area contributed by atoms with Crippen molar-refractivity contribution in [2.24, 2.45) is 4.99 Å². The Hall–Kier alpha value is -2.35. The summed E-state index contributed by atoms with van der Waals surface area (Å²) in [6, 6.07) is 2.13. The molecule has 1 aliphatic heterocycles. The van der Waals surface area contributed by atoms with E-state index in [4.69, 9.17) is 4.52 Å². The highest BCUT2D eigenvalue weighted by Gasteiger charge is 2.21. The van der Waals surface area contributed by atoms with Gasteiger partial charge in [0.05, 0.1) is 12.2 Å². The van der Waals surface area contributed by atoms with Crippen LogP contribution in [0.15, 0.2) is 21.0 Å². The van der Waals surface area contributed by atoms with Crippen LogP contribution >= 0.6 is 11.3 Å². The van der Waals surface area contributed by atoms with Crippen molar-refractivity contribution < 1.29 is 9.32 Å². The van der Waals surface area contributed by atoms with E-state index in [0.717, 1.165) is 55.9 Å². The van der Waals surface area contributed by atoms with Gasteiger partial charge in [-0.05, 0) is 36.8 Å². The summed E-state index contributed by atoms with van der Waals surface area (Å²) in [5, 5.41) is 12.8. The van der Waals surface area contributed by atoms with Gasteiger partial charge >= 0.3 is 0 Å². The molecule has 0 unspecified atom stereocenters. The zero-order valence-electron chi connectivity index (χ0n) is 17.6. The van der Waals surface area contributed by atoms with E-state index in [1.54, 1.807) is 11.3 Å². The van der Waals surface area contributed by atoms with Crippen LogP contribution in [0.25, 0.3) is 0 Å². The summed E-state index contributed by atoms with van der Waals surface area (Å²) in [7, 11) is 0. The Balaban J connectivity index is 1.52. The average Bonchev–Trinajstić information content (AvgIpc) is 3.37. The number of carbonyl (C=O) groups excluding carboxylic acids is 1. The molecule has 0 bridgehead atoms. The van der Waals surface area contributed by atoms with Crippen LogP contribution in [-0.4, -0.2) is 41.6 Å². The van der Waals surface area contributed by atoms with Gasteiger partial charge < -0.3 is 20.1 Å². The zero-order valence-corrected chi connectivity index (χ0v) is 18.4. The molecule has 0 atom stereocenters. The molecule has 1 aliphatic rings. The van der Waals surface area contributed by atoms with Crippen LogP contribution in [-0.2, 0) is 37.1 Å². The van der Waals surface area contributed by atoms with Gasteiger partial charge in [0.1, 0.15) is 5.76 Å². The molecule has 3 heterocycles. The third kappa shape index (κ3) is 5.38. The maximum absolute atomic E-state index is 12.6. The van der Waals surface area contributed by atoms with E-state index in [-0.39, 0.29) is 5.91 Å². The van der Waals surface area contributed by atoms with Crippen LogP contribution < -0.4 is 10.6 Å². The normalized spacial score (nSPS) is 14.0. The third-order valence-corrected chi connectivity index (χ3v) is 6.16. The fourth-order valence-electron chi connectivity index (χ4n) is 3.52. The van der Waals surface area contributed by atoms with E-state index < -0.39 is 0 Å². The van der Waals surface area contributed by atoms with Gasteiger partial charge in [0, 0.05) is 49.5 Å². The highest BCUT2D eigenvalue weighted by atomic mass is 32.1. The molecule has 0 spiro atoms. The maximum atomic E-state index is 12.6. The Morgan fingerprint density at radius 2 is 2.17 bits per heavy atom. The molecule has 7 nitrogen and oxygen atoms in total. The van der Waals surface area contributed by atoms with E-state index in [9.17, 15) is 4.79 Å². The lowest BCUT2D eigenvalue weighted by Gasteiger charge is -2.27. The van der Waals surface area contributed by atoms with Gasteiger partial charge in [-0.1, -0.05) is 19.0 Å². The minimum Gasteiger partial charge on any atom is -0.361 e. The third-order valence-electron chi connectivity index (χ3n) is 5.14. The summed E-state index contributed by atoms with van der Waals surface area (Å²) in [5.74, 6) is 1.80. The number of nitrogens with zero attached hydrogens (tertiary/aromatic N) is 3. The number of thiophene rings is 1. The first-order chi connectivity index (χ1) is 14.2. The Morgan fingerprint density at radius 3 is 2.93 bits per heavy atom. The largest absolute Gasteiger partial charge is 0.361 e. The number of hydrogen-bond donors (Lipinski definition) is 2. The molecule has 0 fully saturated rings. The lowest BCUT2D eigenvalue weighted by molar-refractivity contribution is -0.131. The molecule has 0 radical (unpaired) electrons. The van der Waals surface area contributed by atoms with Crippen LogP contribution in [0, 0.1) is 0 Å². The summed E-state index contributed by atoms with van der Waals surface area (Å²) in [6.07, 6.45) is 3.05. The summed E-state index contributed by atoms with van der Waals surface area (Å²) in [5.41, 5.74) is 3.34. The summed E-state index contributed by atoms with van der Waals surface area (Å²) in [4.78, 5) is 20.6. The first-order valence-corrected chi connectivity index (χ1v) is 11.4. The second kappa shape index (κ2) is 10.4. The Labute approximate surface area is 176 Å². The van der Waals surface area contributed by atoms with E-state index in [1.807, 2.05) is 11.8 Å². The molecule has 2 aromatic heterocycles. The second-order valence-electron chi connectivity index (χ2n) is 7.04. The van der Waals surface area contributed by atoms with Crippen molar-refractivity contribution in [2.75, 3.05) is 19.6 Å². The fourth-order valence-corrected chi connectivity index (χ4v) is 4.41. The molecule has 1 amide bonds. The van der Waals surface area contributed by atoms with Crippen molar-refractivity contribution in [3.63, 3.8) is 0 Å². The number of carbonyl (C=O) groups is 1. The number of nitrogens with one attached hydrogen (secondary N) is 2. The van der Waals surface area contributed by atoms with Gasteiger partial charge in [-0.15, -0.1) is 11.3 Å². The number of aromatic nitrogens is 1. The molecule has 0 aromatic carbocycles. The first-order valence-electron chi connectivity index (χ1n) is 10.5. The number of rotatable bonds is 8. The van der Waals surface area contributed by atoms with Crippen molar-refractivity contribution in [1.29, 1.82) is 0 Å². The minimum absolute atomic E-state index is 0.186. The molecule has 29 heavy (non-hydrogen) atoms. The topological polar surface area (TPSA) is 82.8 Å². The van der Waals surface area contributed by atoms with E-state index >= 15 is 0 Å². The average molecular weight is 418 g/mol. The van der Waals surface area contributed by atoms with E-state index in [0.29, 0.717) is 25.5 Å². The zero-order chi connectivity index (χ0) is 20.6. The molecule has 2 N–H and O–H groups in total. The molecule has 0 saturated heterocycles. The summed E-state index contributed by atoms with van der Waals surface area (Å²) >= 11 is 1.79. The highest BCUT2D eigenvalue weighted by Crippen LogP contribution is 2.24. The number of fused-ring (bicyclic) bond motifs is 1. The Morgan fingerprint density at radius 1 is 1.31 bits per heavy atom. The standard InChI is InChI=1S/C21H31N5O2S/c1-4-17-16(18(5-2)28-25-17)13-24-21(22-6-3)23-10-7-20(27)26-11-8-19-15(14-26)9-12-29-19/h9,12H,4-8,10-11,13-14H2,1-3H3,(H2,22,23,24). The molecular weight excluding hydrogens is 386 g/mol. The molecule has 3 rings (SSSR count). The lowest BCUT2D eigenvalue weighted by atomic mass is 10.1. The predicted molar refractivity (Wildman–Crippen MR) is 116 cm³/mol. The number of amides is 1. The van der Waals surface area contributed by atoms with Gasteiger partial charge in [-0.25, -0.2) is 4.99 Å². The fraction of sp³-hybridized carbons (Fsp3) is 0.571. The van der Waals surface area contributed by atoms with Crippen LogP contribution in [0.1, 0.15) is 54.7 Å². The molecule has 2 aromatic rings. The smallest absolute Gasteiger partial charge is 0.224 e. The SMILES string of the molecule is CCNC(=NCc1c(CC)noc1CC)NCCC(=O)N1CCc2sccc2C1. The van der Waals surface area contributed by atoms with Crippen LogP contribution in [0.3, 0.4) is 0 Å². The highest BCUT2D eigenvalue weighted by molar-refractivity contribution is 7.10. The van der Waals surface area contributed by atoms with Gasteiger partial charge in [0.2, 0.25) is 5.91 Å². The van der Waals surface area contributed by atoms with Gasteiger partial charge in [0.25, 0.3) is 0 Å². The molecule has 8 heteroatoms. The molecular formula is C21H31N5O2S. The van der Waals surface area contributed by atoms with Crippen molar-refractivity contribution in [1.82, 2.24) is 20.7 Å². The number of guanidine groups is 1. The van der Waals surface area contributed by atoms with Crippen LogP contribution in [0.4, 0.5) is 0 Å². The monoisotopic (exact) mass is 417 g/mol. The molecule has 0 saturated carbocycles. The van der Waals surface area contributed by atoms with E-state index in [2.05, 4.69) is 46.1 Å². The first kappa shape index (κ1) is 21.4. The summed E-state index contributed by atoms with van der Waals surface area (Å²) < 4.78 is 5.42. The van der Waals surface area contributed by atoms with E-state index in [1.165, 1.54) is 10.4 Å². The number of aliphatic imine (C=N–C) groups is 1. The van der Waals surface area contributed by atoms with Crippen LogP contribution in [0.5, 0.6) is 0 Å². The van der Waals surface area contributed by atoms with Crippen molar-refractivity contribution in [2.45, 2.75) is 59.5 Å². The van der Waals surface area contributed by atoms with Crippen LogP contribution in [0.2, 0.25) is 0 Å². The van der Waals surface area contributed by atoms with Gasteiger partial charge in [0.15, 0.2) is 5.96 Å². The van der Waals surface area contributed by atoms with Gasteiger partial charge in [-0.3, -0.25) is 4.79 Å². The number of hydrogen-bond acceptors (Lipinski definition) is 5. The molecule has 158 valence electrons. The second-order valence-corrected chi connectivity index (χ2v) is 8.05. The molecule has 0 aliphatic carbocycles. The van der Waals surface area contributed by atoms with Crippen molar-refractivity contribution in [3.8, 4) is 0 Å². The van der Waals surface area contributed by atoms with Crippen molar-refractivity contribution >= 4 is 23.2 Å². The lowest BCUT2D eigenvalue weighted by Crippen LogP contribution is -2.41. The van der Waals surface area contributed by atoms with Gasteiger partial charge in [-0.2, -0.15) is 0 Å². The predicted octanol–water partition coefficient (Wildman–Crippen LogP) is 2.89. The summed E-state index contributed by atoms with van der Waals surface area (Å²) in [6.45, 7) is 9.54. The minimum atomic E-state index is 0.186.